The molecule has 97 radical (unpaired) electrons. The zero-order valence-electron chi connectivity index (χ0n) is 32.3. The predicted molar refractivity (Wildman–Crippen MR) is 0 cm³/mol. The van der Waals surface area contributed by atoms with Gasteiger partial charge in [-0.05, 0) is 0 Å². The van der Waals surface area contributed by atoms with Crippen LogP contribution in [0.4, 0.5) is 0 Å². The van der Waals surface area contributed by atoms with E-state index in [1.165, 1.54) is 0 Å². The molecule has 0 aliphatic carbocycles. The van der Waals surface area contributed by atoms with Crippen molar-refractivity contribution in [2.75, 3.05) is 0 Å². The van der Waals surface area contributed by atoms with Crippen LogP contribution in [0.5, 0.6) is 0 Å². The Morgan fingerprint density at radius 2 is 0.0103 bits per heavy atom. The quantitative estimate of drug-likeness (QED) is 0.321. The molecular weight excluding hydrogens is 15400 g/mol. The average Bonchev–Trinajstić information content (AvgIpc) is 0. The molecule has 0 atom stereocenters. The van der Waals surface area contributed by atoms with Crippen LogP contribution >= 0.6 is 0 Å². The van der Waals surface area contributed by atoms with Gasteiger partial charge in [0.05, 0.1) is 0 Å². The van der Waals surface area contributed by atoms with Crippen LogP contribution in [0.1, 0.15) is 0 Å². The molecule has 0 saturated heterocycles. The van der Waals surface area contributed by atoms with Crippen molar-refractivity contribution in [2.24, 2.45) is 0 Å². The first-order valence-corrected chi connectivity index (χ1v) is 0. The van der Waals surface area contributed by atoms with Crippen LogP contribution in [0.15, 0.2) is 0 Å². The molecule has 97 heavy (non-hydrogen) atoms. The third-order valence-electron chi connectivity index (χ3n) is 0. The van der Waals surface area contributed by atoms with Crippen molar-refractivity contribution in [3.63, 3.8) is 0 Å². The Hall–Kier alpha value is 125. The summed E-state index contributed by atoms with van der Waals surface area (Å²) in [5.41, 5.74) is 0. The Bertz CT molecular complexity index is 0. The zero-order chi connectivity index (χ0) is 0. The Labute approximate surface area is 3580 Å². The van der Waals surface area contributed by atoms with E-state index < -0.39 is 0 Å². The smallest absolute Gasteiger partial charge is 0 e. The van der Waals surface area contributed by atoms with E-state index in [-0.39, 0.29) is 3750 Å². The molecular formula is Tb97. The van der Waals surface area contributed by atoms with Crippen LogP contribution in [0, 0.1) is 3750 Å². The van der Waals surface area contributed by atoms with Crippen molar-refractivity contribution >= 4 is 0 Å². The van der Waals surface area contributed by atoms with Crippen molar-refractivity contribution in [3.8, 4) is 0 Å². The van der Waals surface area contributed by atoms with Crippen LogP contribution in [0.2, 0.25) is 0 Å². The summed E-state index contributed by atoms with van der Waals surface area (Å²) >= 11 is 0. The molecule has 0 aliphatic rings. The second-order valence-electron chi connectivity index (χ2n) is 0. The summed E-state index contributed by atoms with van der Waals surface area (Å²) in [6.45, 7) is 0. The summed E-state index contributed by atoms with van der Waals surface area (Å²) in [6.07, 6.45) is 0. The first kappa shape index (κ1) is 694. The summed E-state index contributed by atoms with van der Waals surface area (Å²) in [7, 11) is 0. The molecule has 0 spiro atoms. The molecule has 0 aromatic heterocycles. The van der Waals surface area contributed by atoms with E-state index in [4.69, 9.17) is 0 Å². The molecule has 0 N–H and O–H groups in total. The standard InChI is InChI=1S/97Tb. The van der Waals surface area contributed by atoms with Crippen molar-refractivity contribution in [2.45, 2.75) is 0 Å². The molecule has 0 heterocycles. The van der Waals surface area contributed by atoms with Crippen LogP contribution in [-0.4, -0.2) is 0 Å². The minimum Gasteiger partial charge on any atom is 0 e. The minimum atomic E-state index is 0. The molecule has 0 nitrogen and oxygen atoms in total. The maximum absolute atomic E-state index is 0. The fraction of sp³-hybridized carbons (Fsp3) is 0. The Morgan fingerprint density at radius 1 is 0.0103 bits per heavy atom. The Balaban J connectivity index is 0. The monoisotopic (exact) mass is 15400 g/mol. The van der Waals surface area contributed by atoms with Crippen molar-refractivity contribution in [3.05, 3.63) is 0 Å². The first-order valence-electron chi connectivity index (χ1n) is 0. The number of hydrogen-bond acceptors (Lipinski definition) is 0. The Kier molecular flexibility index (Phi) is 4900. The maximum atomic E-state index is 0. The SMILES string of the molecule is [Tb].[Tb].[Tb].[Tb].[Tb].[Tb].[Tb].[Tb].[Tb].[Tb].[Tb].[Tb].[Tb].[Tb].[Tb].[Tb].[Tb].[Tb].[Tb].[Tb].[Tb].[Tb].[Tb].[Tb].[Tb].[Tb].[Tb].[Tb].[Tb].[Tb].[Tb].[Tb].[Tb].[Tb].[Tb].[Tb].[Tb].[Tb].[Tb].[Tb].[Tb].[Tb].[Tb].[Tb].[Tb].[Tb].[Tb].[Tb].[Tb].[Tb].[Tb].[Tb].[Tb].[Tb].[Tb].[Tb].[Tb].[Tb].[Tb].[Tb].[Tb].[Tb].[Tb].[Tb].[Tb].[Tb].[Tb].[Tb].[Tb].[Tb].[Tb].[Tb].[Tb].[Tb].[Tb].[Tb].[Tb].[Tb].[Tb].[Tb].[Tb].[Tb].[Tb].[Tb].[Tb].[Tb].[Tb].[Tb].[Tb].[Tb].[Tb].[Tb].[Tb].[Tb].[Tb].[Tb].[Tb]. The van der Waals surface area contributed by atoms with Gasteiger partial charge >= 0.3 is 0 Å². The maximum Gasteiger partial charge on any atom is 0 e. The number of hydrogen-bond donors (Lipinski definition) is 0. The first-order chi connectivity index (χ1) is 0. The van der Waals surface area contributed by atoms with E-state index in [1.807, 2.05) is 0 Å². The van der Waals surface area contributed by atoms with Gasteiger partial charge in [0, 0.05) is 3750 Å². The van der Waals surface area contributed by atoms with Gasteiger partial charge in [0.1, 0.15) is 0 Å². The molecule has 0 amide bonds. The van der Waals surface area contributed by atoms with Crippen LogP contribution in [0.25, 0.3) is 0 Å². The summed E-state index contributed by atoms with van der Waals surface area (Å²) < 4.78 is 0. The normalized spacial score (nSPS) is 0. The molecule has 0 aromatic carbocycles. The van der Waals surface area contributed by atoms with Crippen molar-refractivity contribution in [1.29, 1.82) is 0 Å². The van der Waals surface area contributed by atoms with Gasteiger partial charge in [-0.3, -0.25) is 0 Å². The third kappa shape index (κ3) is 679. The third-order valence-corrected chi connectivity index (χ3v) is 0. The molecule has 0 aromatic rings. The van der Waals surface area contributed by atoms with E-state index in [1.54, 1.807) is 0 Å². The second-order valence-corrected chi connectivity index (χ2v) is 0. The molecule has 873 valence electrons. The van der Waals surface area contributed by atoms with E-state index in [9.17, 15) is 0 Å². The average molecular weight is 15400 g/mol. The van der Waals surface area contributed by atoms with Crippen molar-refractivity contribution in [1.82, 2.24) is 0 Å². The van der Waals surface area contributed by atoms with Crippen LogP contribution < -0.4 is 0 Å². The number of rotatable bonds is 0. The van der Waals surface area contributed by atoms with E-state index in [0.717, 1.165) is 0 Å². The molecule has 0 saturated carbocycles. The van der Waals surface area contributed by atoms with Gasteiger partial charge in [0.2, 0.25) is 0 Å². The van der Waals surface area contributed by atoms with Crippen molar-refractivity contribution < 1.29 is 3750 Å². The molecule has 0 fully saturated rings. The van der Waals surface area contributed by atoms with Gasteiger partial charge in [0.15, 0.2) is 0 Å². The van der Waals surface area contributed by atoms with Crippen LogP contribution in [0.3, 0.4) is 0 Å². The van der Waals surface area contributed by atoms with Gasteiger partial charge < -0.3 is 0 Å². The topological polar surface area (TPSA) is 0 Å². The minimum absolute atomic E-state index is 0. The van der Waals surface area contributed by atoms with Gasteiger partial charge in [-0.1, -0.05) is 0 Å². The summed E-state index contributed by atoms with van der Waals surface area (Å²) in [5, 5.41) is 0. The zero-order valence-corrected chi connectivity index (χ0v) is 240. The molecule has 97 heteroatoms. The summed E-state index contributed by atoms with van der Waals surface area (Å²) in [5.74, 6) is 0. The largest absolute Gasteiger partial charge is 0 e. The predicted octanol–water partition coefficient (Wildman–Crippen LogP) is 0. The summed E-state index contributed by atoms with van der Waals surface area (Å²) in [4.78, 5) is 0. The molecule has 0 unspecified atom stereocenters. The van der Waals surface area contributed by atoms with Crippen LogP contribution in [-0.2, 0) is 0 Å². The van der Waals surface area contributed by atoms with E-state index >= 15 is 0 Å². The van der Waals surface area contributed by atoms with Gasteiger partial charge in [0.25, 0.3) is 0 Å². The van der Waals surface area contributed by atoms with E-state index in [0.29, 0.717) is 0 Å². The van der Waals surface area contributed by atoms with Gasteiger partial charge in [-0.25, -0.2) is 0 Å². The van der Waals surface area contributed by atoms with E-state index in [2.05, 4.69) is 0 Å². The molecule has 0 bridgehead atoms. The van der Waals surface area contributed by atoms with Gasteiger partial charge in [-0.15, -0.1) is 0 Å². The second kappa shape index (κ2) is 685. The Morgan fingerprint density at radius 3 is 0.0103 bits per heavy atom. The van der Waals surface area contributed by atoms with Gasteiger partial charge in [-0.2, -0.15) is 0 Å². The summed E-state index contributed by atoms with van der Waals surface area (Å²) in [6, 6.07) is 0. The molecule has 0 rings (SSSR count). The fourth-order valence-corrected chi connectivity index (χ4v) is 0. The fourth-order valence-electron chi connectivity index (χ4n) is 0. The molecule has 0 aliphatic heterocycles.